The smallest absolute Gasteiger partial charge is 0.407 e. The molecule has 3 rings (SSSR count). The first-order valence-electron chi connectivity index (χ1n) is 48.9. The Labute approximate surface area is 777 Å². The van der Waals surface area contributed by atoms with E-state index in [1.54, 1.807) is 0 Å². The number of benzene rings is 2. The number of fused-ring (bicyclic) bond motifs is 3. The van der Waals surface area contributed by atoms with Crippen LogP contribution in [0.25, 0.3) is 11.1 Å². The van der Waals surface area contributed by atoms with Crippen molar-refractivity contribution in [3.8, 4) is 11.1 Å². The fraction of sp³-hybridized carbons (Fsp3) is 0.747. The fourth-order valence-electron chi connectivity index (χ4n) is 17.8. The highest BCUT2D eigenvalue weighted by Gasteiger charge is 2.34. The summed E-state index contributed by atoms with van der Waals surface area (Å²) in [6, 6.07) is 9.04. The third kappa shape index (κ3) is 52.4. The van der Waals surface area contributed by atoms with Crippen LogP contribution in [0.5, 0.6) is 0 Å². The zero-order chi connectivity index (χ0) is 97.0. The summed E-state index contributed by atoms with van der Waals surface area (Å²) >= 11 is 0. The summed E-state index contributed by atoms with van der Waals surface area (Å²) in [5.74, 6) is -4.58. The molecule has 1 aliphatic rings. The standard InChI is InChI=1S/C99H172N16O15/c1-62(2)41-74(53-91(120)104-71(30-22-26-38-101)50-88(117)109-78(45-66(9)10)57-96(125)113-76(43-64(5)6)55-93(122)106-73(32-24-28-40-103)52-90(119)114-81(48-69(15)16)60-98(127)128)111-95(124)56-77(44-65(7)8)108-87(116)49-70(29-21-25-37-100)105-92(121)54-75(42-63(3)4)112-97(126)58-79(46-67(11)12)110-89(118)51-72(31-23-27-39-102)107-94(123)59-80(47-68(13)14)115-99(129)130-61-86-84-35-19-17-33-82(84)83-34-18-20-36-85(83)86/h17-20,33-36,62-81,86H,21-32,37-61,100-103H2,1-16H3,(H,104,120)(H,105,121)(H,106,122)(H,107,123)(H,108,116)(H,109,117)(H,110,118)(H,111,124)(H,112,126)(H,113,125)(H,114,119)(H,115,129)(H,127,128). The van der Waals surface area contributed by atoms with E-state index < -0.39 is 84.6 Å². The van der Waals surface area contributed by atoms with E-state index in [9.17, 15) is 67.4 Å². The van der Waals surface area contributed by atoms with Gasteiger partial charge in [-0.2, -0.15) is 0 Å². The van der Waals surface area contributed by atoms with Gasteiger partial charge in [0.1, 0.15) is 6.61 Å². The van der Waals surface area contributed by atoms with Crippen molar-refractivity contribution in [3.05, 3.63) is 59.7 Å². The molecule has 0 fully saturated rings. The van der Waals surface area contributed by atoms with E-state index >= 15 is 0 Å². The van der Waals surface area contributed by atoms with Crippen molar-refractivity contribution in [2.45, 2.75) is 395 Å². The maximum Gasteiger partial charge on any atom is 0.407 e. The molecule has 31 heteroatoms. The SMILES string of the molecule is CC(C)CC(CC(=O)O)NC(=O)CC(CCCCN)NC(=O)CC(CC(C)C)NC(=O)CC(CC(C)C)NC(=O)CC(CCCCN)NC(=O)CC(CC(C)C)NC(=O)CC(CC(C)C)NC(=O)CC(CCCCN)NC(=O)CC(CC(C)C)NC(=O)CC(CC(C)C)NC(=O)CC(CCCCN)NC(=O)CC(CC(C)C)NC(=O)OCC1c2ccccc2-c2ccccc21. The van der Waals surface area contributed by atoms with Crippen molar-refractivity contribution in [1.82, 2.24) is 63.8 Å². The van der Waals surface area contributed by atoms with Gasteiger partial charge in [-0.1, -0.05) is 185 Å². The van der Waals surface area contributed by atoms with Gasteiger partial charge in [0.05, 0.1) is 6.42 Å². The van der Waals surface area contributed by atoms with Gasteiger partial charge < -0.3 is 96.6 Å². The Morgan fingerprint density at radius 1 is 0.262 bits per heavy atom. The van der Waals surface area contributed by atoms with Crippen LogP contribution in [0.4, 0.5) is 4.79 Å². The molecule has 0 saturated heterocycles. The summed E-state index contributed by atoms with van der Waals surface area (Å²) in [4.78, 5) is 180. The molecule has 0 spiro atoms. The maximum atomic E-state index is 14.3. The summed E-state index contributed by atoms with van der Waals surface area (Å²) < 4.78 is 5.87. The number of unbranched alkanes of at least 4 members (excludes halogenated alkanes) is 4. The second-order valence-electron chi connectivity index (χ2n) is 40.1. The van der Waals surface area contributed by atoms with Crippen LogP contribution < -0.4 is 86.7 Å². The highest BCUT2D eigenvalue weighted by molar-refractivity contribution is 5.87. The van der Waals surface area contributed by atoms with Crippen LogP contribution in [0.1, 0.15) is 333 Å². The summed E-state index contributed by atoms with van der Waals surface area (Å²) in [6.45, 7) is 33.5. The lowest BCUT2D eigenvalue weighted by molar-refractivity contribution is -0.138. The molecule has 21 N–H and O–H groups in total. The summed E-state index contributed by atoms with van der Waals surface area (Å²) in [6.07, 6.45) is 8.76. The molecular formula is C99H172N16O15. The van der Waals surface area contributed by atoms with Gasteiger partial charge in [-0.15, -0.1) is 0 Å². The number of hydrogen-bond donors (Lipinski definition) is 17. The predicted octanol–water partition coefficient (Wildman–Crippen LogP) is 10.9. The number of hydrogen-bond acceptors (Lipinski definition) is 18. The molecule has 12 unspecified atom stereocenters. The lowest BCUT2D eigenvalue weighted by atomic mass is 9.97. The number of nitrogens with one attached hydrogen (secondary N) is 12. The summed E-state index contributed by atoms with van der Waals surface area (Å²) in [5, 5.41) is 46.1. The van der Waals surface area contributed by atoms with E-state index in [-0.39, 0.29) is 202 Å². The van der Waals surface area contributed by atoms with E-state index in [0.29, 0.717) is 155 Å². The van der Waals surface area contributed by atoms with Gasteiger partial charge in [-0.25, -0.2) is 4.79 Å². The topological polar surface area (TPSA) is 500 Å². The van der Waals surface area contributed by atoms with Crippen molar-refractivity contribution in [1.29, 1.82) is 0 Å². The number of carbonyl (C=O) groups is 13. The quantitative estimate of drug-likeness (QED) is 0.0274. The van der Waals surface area contributed by atoms with Crippen molar-refractivity contribution in [3.63, 3.8) is 0 Å². The van der Waals surface area contributed by atoms with Gasteiger partial charge in [0.15, 0.2) is 0 Å². The zero-order valence-corrected chi connectivity index (χ0v) is 81.9. The lowest BCUT2D eigenvalue weighted by Crippen LogP contribution is -2.48. The number of rotatable bonds is 70. The first kappa shape index (κ1) is 115. The highest BCUT2D eigenvalue weighted by Crippen LogP contribution is 2.44. The number of nitrogens with two attached hydrogens (primary N) is 4. The molecule has 31 nitrogen and oxygen atoms in total. The minimum atomic E-state index is -1.03. The van der Waals surface area contributed by atoms with Crippen molar-refractivity contribution < 1.29 is 72.2 Å². The molecule has 0 aromatic heterocycles. The molecule has 12 atom stereocenters. The van der Waals surface area contributed by atoms with E-state index in [1.807, 2.05) is 135 Å². The van der Waals surface area contributed by atoms with E-state index in [4.69, 9.17) is 27.7 Å². The number of ether oxygens (including phenoxy) is 1. The average molecular weight is 1830 g/mol. The monoisotopic (exact) mass is 1830 g/mol. The molecule has 130 heavy (non-hydrogen) atoms. The van der Waals surface area contributed by atoms with Gasteiger partial charge >= 0.3 is 12.1 Å². The van der Waals surface area contributed by atoms with Crippen LogP contribution in [0, 0.1) is 47.3 Å². The molecule has 2 aromatic carbocycles. The first-order valence-corrected chi connectivity index (χ1v) is 48.9. The molecule has 738 valence electrons. The lowest BCUT2D eigenvalue weighted by Gasteiger charge is -2.27. The van der Waals surface area contributed by atoms with Crippen LogP contribution >= 0.6 is 0 Å². The van der Waals surface area contributed by atoms with Gasteiger partial charge in [0.25, 0.3) is 0 Å². The summed E-state index contributed by atoms with van der Waals surface area (Å²) in [7, 11) is 0. The van der Waals surface area contributed by atoms with Crippen LogP contribution in [0.15, 0.2) is 48.5 Å². The Bertz CT molecular complexity index is 3660. The third-order valence-corrected chi connectivity index (χ3v) is 22.9. The largest absolute Gasteiger partial charge is 0.481 e. The Kier molecular flexibility index (Phi) is 56.9. The Morgan fingerprint density at radius 3 is 0.631 bits per heavy atom. The number of alkyl carbamates (subject to hydrolysis) is 1. The van der Waals surface area contributed by atoms with Crippen LogP contribution in [0.2, 0.25) is 0 Å². The Balaban J connectivity index is 1.69. The van der Waals surface area contributed by atoms with Crippen molar-refractivity contribution in [2.24, 2.45) is 70.3 Å². The Hall–Kier alpha value is -8.81. The van der Waals surface area contributed by atoms with E-state index in [2.05, 4.69) is 88.1 Å². The van der Waals surface area contributed by atoms with E-state index in [1.165, 1.54) is 0 Å². The number of carbonyl (C=O) groups excluding carboxylic acids is 12. The fourth-order valence-corrected chi connectivity index (χ4v) is 17.8. The summed E-state index contributed by atoms with van der Waals surface area (Å²) in [5.41, 5.74) is 27.9. The number of amides is 12. The van der Waals surface area contributed by atoms with Gasteiger partial charge in [0.2, 0.25) is 65.0 Å². The van der Waals surface area contributed by atoms with Gasteiger partial charge in [-0.05, 0) is 199 Å². The van der Waals surface area contributed by atoms with E-state index in [0.717, 1.165) is 22.3 Å². The van der Waals surface area contributed by atoms with Crippen LogP contribution in [-0.2, 0) is 62.3 Å². The first-order chi connectivity index (χ1) is 61.5. The van der Waals surface area contributed by atoms with Gasteiger partial charge in [-0.3, -0.25) is 57.5 Å². The number of aliphatic carboxylic acids is 1. The highest BCUT2D eigenvalue weighted by atomic mass is 16.5. The van der Waals surface area contributed by atoms with Crippen molar-refractivity contribution in [2.75, 3.05) is 32.8 Å². The molecule has 0 bridgehead atoms. The minimum absolute atomic E-state index is 0.0459. The molecule has 0 aliphatic heterocycles. The number of carboxylic acids is 1. The number of carboxylic acid groups (broad SMARTS) is 1. The second kappa shape index (κ2) is 64.1. The molecule has 0 radical (unpaired) electrons. The minimum Gasteiger partial charge on any atom is -0.481 e. The van der Waals surface area contributed by atoms with Crippen molar-refractivity contribution >= 4 is 77.0 Å². The average Bonchev–Trinajstić information content (AvgIpc) is 1.61. The molecule has 2 aromatic rings. The second-order valence-corrected chi connectivity index (χ2v) is 40.1. The Morgan fingerprint density at radius 2 is 0.438 bits per heavy atom. The molecular weight excluding hydrogens is 1650 g/mol. The van der Waals surface area contributed by atoms with Crippen LogP contribution in [-0.4, -0.2) is 187 Å². The molecule has 0 saturated carbocycles. The normalized spacial score (nSPS) is 14.8. The zero-order valence-electron chi connectivity index (χ0n) is 81.9. The molecule has 0 heterocycles. The molecule has 12 amide bonds. The predicted molar refractivity (Wildman–Crippen MR) is 514 cm³/mol. The third-order valence-electron chi connectivity index (χ3n) is 22.9. The maximum absolute atomic E-state index is 14.3. The molecule has 1 aliphatic carbocycles. The van der Waals surface area contributed by atoms with Crippen LogP contribution in [0.3, 0.4) is 0 Å². The van der Waals surface area contributed by atoms with Gasteiger partial charge in [0, 0.05) is 149 Å².